The van der Waals surface area contributed by atoms with E-state index >= 15 is 0 Å². The molecular formula is C34H65O10P. The minimum atomic E-state index is -4.60. The average Bonchev–Trinajstić information content (AvgIpc) is 3.02. The van der Waals surface area contributed by atoms with Gasteiger partial charge in [-0.2, -0.15) is 0 Å². The normalized spacial score (nSPS) is 14.0. The number of aliphatic hydroxyl groups is 2. The number of unbranched alkanes of at least 4 members (excludes halogenated alkanes) is 19. The highest BCUT2D eigenvalue weighted by Gasteiger charge is 2.27. The molecule has 11 heteroatoms. The van der Waals surface area contributed by atoms with E-state index in [4.69, 9.17) is 19.1 Å². The SMILES string of the molecule is C=CCCCCCCCCCC(=O)O[C@H](COC(=O)CCCCCCCCCCCCCCC)COP(=O)(O)OC[C@@H](O)CO. The fourth-order valence-corrected chi connectivity index (χ4v) is 5.59. The van der Waals surface area contributed by atoms with E-state index in [1.807, 2.05) is 6.08 Å². The van der Waals surface area contributed by atoms with Gasteiger partial charge in [-0.05, 0) is 25.7 Å². The van der Waals surface area contributed by atoms with Crippen molar-refractivity contribution in [2.24, 2.45) is 0 Å². The van der Waals surface area contributed by atoms with Crippen molar-refractivity contribution in [1.29, 1.82) is 0 Å². The number of hydrogen-bond acceptors (Lipinski definition) is 9. The fourth-order valence-electron chi connectivity index (χ4n) is 4.80. The molecule has 0 aliphatic heterocycles. The summed E-state index contributed by atoms with van der Waals surface area (Å²) in [5.41, 5.74) is 0. The van der Waals surface area contributed by atoms with Gasteiger partial charge in [0.15, 0.2) is 6.10 Å². The van der Waals surface area contributed by atoms with Crippen LogP contribution in [0.1, 0.15) is 155 Å². The largest absolute Gasteiger partial charge is 0.472 e. The van der Waals surface area contributed by atoms with Crippen molar-refractivity contribution < 1.29 is 47.8 Å². The van der Waals surface area contributed by atoms with Gasteiger partial charge >= 0.3 is 19.8 Å². The van der Waals surface area contributed by atoms with E-state index in [-0.39, 0.29) is 19.4 Å². The molecule has 0 aliphatic rings. The van der Waals surface area contributed by atoms with Crippen LogP contribution in [-0.2, 0) is 32.7 Å². The van der Waals surface area contributed by atoms with Crippen molar-refractivity contribution in [2.45, 2.75) is 167 Å². The van der Waals surface area contributed by atoms with Crippen LogP contribution in [0.5, 0.6) is 0 Å². The molecule has 0 saturated heterocycles. The second-order valence-electron chi connectivity index (χ2n) is 12.0. The van der Waals surface area contributed by atoms with Crippen molar-refractivity contribution in [3.05, 3.63) is 12.7 Å². The standard InChI is InChI=1S/C34H65O10P/c1-3-5-7-9-11-13-14-15-16-18-19-21-23-25-33(37)41-29-32(30-43-45(39,40)42-28-31(36)27-35)44-34(38)26-24-22-20-17-12-10-8-6-4-2/h4,31-32,35-36H,2-3,5-30H2,1H3,(H,39,40)/t31-,32+/m0/s1. The smallest absolute Gasteiger partial charge is 0.462 e. The molecule has 1 unspecified atom stereocenters. The number of ether oxygens (including phenoxy) is 2. The molecule has 0 amide bonds. The molecule has 3 N–H and O–H groups in total. The van der Waals surface area contributed by atoms with Gasteiger partial charge in [0.25, 0.3) is 0 Å². The number of rotatable bonds is 34. The zero-order valence-electron chi connectivity index (χ0n) is 28.2. The van der Waals surface area contributed by atoms with Crippen molar-refractivity contribution >= 4 is 19.8 Å². The van der Waals surface area contributed by atoms with Crippen LogP contribution in [0.3, 0.4) is 0 Å². The van der Waals surface area contributed by atoms with Gasteiger partial charge in [0, 0.05) is 12.8 Å². The predicted octanol–water partition coefficient (Wildman–Crippen LogP) is 8.11. The summed E-state index contributed by atoms with van der Waals surface area (Å²) < 4.78 is 32.4. The Morgan fingerprint density at radius 1 is 0.689 bits per heavy atom. The lowest BCUT2D eigenvalue weighted by Gasteiger charge is -2.20. The van der Waals surface area contributed by atoms with Crippen LogP contribution in [0.25, 0.3) is 0 Å². The molecule has 0 radical (unpaired) electrons. The Morgan fingerprint density at radius 2 is 1.13 bits per heavy atom. The number of carbonyl (C=O) groups is 2. The fraction of sp³-hybridized carbons (Fsp3) is 0.882. The van der Waals surface area contributed by atoms with Crippen LogP contribution >= 0.6 is 7.82 Å². The summed E-state index contributed by atoms with van der Waals surface area (Å²) in [6.45, 7) is 3.85. The van der Waals surface area contributed by atoms with E-state index in [1.165, 1.54) is 64.2 Å². The lowest BCUT2D eigenvalue weighted by atomic mass is 10.0. The third kappa shape index (κ3) is 31.1. The molecule has 0 bridgehead atoms. The number of allylic oxidation sites excluding steroid dienone is 1. The first kappa shape index (κ1) is 43.7. The maximum Gasteiger partial charge on any atom is 0.472 e. The van der Waals surface area contributed by atoms with Crippen molar-refractivity contribution in [1.82, 2.24) is 0 Å². The van der Waals surface area contributed by atoms with Crippen molar-refractivity contribution in [3.8, 4) is 0 Å². The first-order valence-corrected chi connectivity index (χ1v) is 19.1. The first-order valence-electron chi connectivity index (χ1n) is 17.6. The number of aliphatic hydroxyl groups excluding tert-OH is 2. The summed E-state index contributed by atoms with van der Waals surface area (Å²) >= 11 is 0. The summed E-state index contributed by atoms with van der Waals surface area (Å²) in [4.78, 5) is 34.6. The molecule has 0 aromatic carbocycles. The third-order valence-electron chi connectivity index (χ3n) is 7.57. The van der Waals surface area contributed by atoms with Gasteiger partial charge in [-0.25, -0.2) is 4.57 Å². The second-order valence-corrected chi connectivity index (χ2v) is 13.4. The Morgan fingerprint density at radius 3 is 1.62 bits per heavy atom. The van der Waals surface area contributed by atoms with Crippen molar-refractivity contribution in [3.63, 3.8) is 0 Å². The lowest BCUT2D eigenvalue weighted by molar-refractivity contribution is -0.161. The molecule has 0 aromatic rings. The van der Waals surface area contributed by atoms with Crippen LogP contribution in [0.15, 0.2) is 12.7 Å². The topological polar surface area (TPSA) is 149 Å². The zero-order valence-corrected chi connectivity index (χ0v) is 29.1. The second kappa shape index (κ2) is 31.3. The first-order chi connectivity index (χ1) is 21.7. The van der Waals surface area contributed by atoms with Gasteiger partial charge in [0.05, 0.1) is 19.8 Å². The monoisotopic (exact) mass is 664 g/mol. The number of phosphoric ester groups is 1. The highest BCUT2D eigenvalue weighted by Crippen LogP contribution is 2.43. The molecule has 0 rings (SSSR count). The summed E-state index contributed by atoms with van der Waals surface area (Å²) in [5, 5.41) is 18.2. The molecule has 0 heterocycles. The summed E-state index contributed by atoms with van der Waals surface area (Å²) in [7, 11) is -4.60. The maximum atomic E-state index is 12.4. The van der Waals surface area contributed by atoms with Gasteiger partial charge in [-0.1, -0.05) is 122 Å². The minimum absolute atomic E-state index is 0.176. The molecule has 266 valence electrons. The van der Waals surface area contributed by atoms with E-state index < -0.39 is 51.8 Å². The zero-order chi connectivity index (χ0) is 33.4. The van der Waals surface area contributed by atoms with Crippen LogP contribution in [0, 0.1) is 0 Å². The lowest BCUT2D eigenvalue weighted by Crippen LogP contribution is -2.29. The number of esters is 2. The highest BCUT2D eigenvalue weighted by molar-refractivity contribution is 7.47. The van der Waals surface area contributed by atoms with E-state index in [1.54, 1.807) is 0 Å². The van der Waals surface area contributed by atoms with E-state index in [0.29, 0.717) is 12.8 Å². The minimum Gasteiger partial charge on any atom is -0.462 e. The predicted molar refractivity (Wildman–Crippen MR) is 178 cm³/mol. The van der Waals surface area contributed by atoms with E-state index in [0.717, 1.165) is 57.8 Å². The quantitative estimate of drug-likeness (QED) is 0.0267. The highest BCUT2D eigenvalue weighted by atomic mass is 31.2. The molecule has 0 fully saturated rings. The number of carbonyl (C=O) groups excluding carboxylic acids is 2. The molecule has 0 spiro atoms. The molecular weight excluding hydrogens is 599 g/mol. The number of phosphoric acid groups is 1. The Kier molecular flexibility index (Phi) is 30.4. The van der Waals surface area contributed by atoms with Crippen LogP contribution in [-0.4, -0.2) is 65.7 Å². The van der Waals surface area contributed by atoms with Gasteiger partial charge in [0.2, 0.25) is 0 Å². The maximum absolute atomic E-state index is 12.4. The van der Waals surface area contributed by atoms with Crippen LogP contribution < -0.4 is 0 Å². The molecule has 0 saturated carbocycles. The molecule has 10 nitrogen and oxygen atoms in total. The van der Waals surface area contributed by atoms with E-state index in [9.17, 15) is 24.2 Å². The van der Waals surface area contributed by atoms with Gasteiger partial charge < -0.3 is 24.6 Å². The van der Waals surface area contributed by atoms with Crippen LogP contribution in [0.2, 0.25) is 0 Å². The van der Waals surface area contributed by atoms with E-state index in [2.05, 4.69) is 18.0 Å². The van der Waals surface area contributed by atoms with Crippen LogP contribution in [0.4, 0.5) is 0 Å². The van der Waals surface area contributed by atoms with Crippen molar-refractivity contribution in [2.75, 3.05) is 26.4 Å². The molecule has 0 aromatic heterocycles. The van der Waals surface area contributed by atoms with Gasteiger partial charge in [-0.15, -0.1) is 6.58 Å². The molecule has 45 heavy (non-hydrogen) atoms. The number of hydrogen-bond donors (Lipinski definition) is 3. The Balaban J connectivity index is 4.36. The third-order valence-corrected chi connectivity index (χ3v) is 8.52. The Labute approximate surface area is 273 Å². The van der Waals surface area contributed by atoms with Gasteiger partial charge in [-0.3, -0.25) is 18.6 Å². The molecule has 0 aliphatic carbocycles. The molecule has 3 atom stereocenters. The summed E-state index contributed by atoms with van der Waals surface area (Å²) in [6, 6.07) is 0. The Hall–Kier alpha value is -1.29. The average molecular weight is 665 g/mol. The summed E-state index contributed by atoms with van der Waals surface area (Å²) in [6.07, 6.45) is 23.8. The van der Waals surface area contributed by atoms with Gasteiger partial charge in [0.1, 0.15) is 12.7 Å². The summed E-state index contributed by atoms with van der Waals surface area (Å²) in [5.74, 6) is -0.937. The Bertz CT molecular complexity index is 763.